The second-order valence-corrected chi connectivity index (χ2v) is 16.8. The molecule has 0 aliphatic heterocycles. The van der Waals surface area contributed by atoms with Crippen LogP contribution in [0.5, 0.6) is 0 Å². The summed E-state index contributed by atoms with van der Waals surface area (Å²) in [7, 11) is 0. The molecule has 11 aromatic rings. The Hall–Kier alpha value is -8.26. The molecular weight excluding hydrogens is 771 g/mol. The summed E-state index contributed by atoms with van der Waals surface area (Å²) in [5.41, 5.74) is 17.5. The van der Waals surface area contributed by atoms with Crippen LogP contribution in [0.3, 0.4) is 0 Å². The van der Waals surface area contributed by atoms with Crippen molar-refractivity contribution >= 4 is 38.6 Å². The smallest absolute Gasteiger partial charge is 0.0714 e. The van der Waals surface area contributed by atoms with E-state index in [2.05, 4.69) is 266 Å². The summed E-state index contributed by atoms with van der Waals surface area (Å²) >= 11 is 0. The van der Waals surface area contributed by atoms with Gasteiger partial charge in [-0.15, -0.1) is 0 Å². The van der Waals surface area contributed by atoms with E-state index in [4.69, 9.17) is 0 Å². The lowest BCUT2D eigenvalue weighted by atomic mass is 9.67. The molecule has 0 saturated carbocycles. The van der Waals surface area contributed by atoms with Gasteiger partial charge in [-0.1, -0.05) is 237 Å². The van der Waals surface area contributed by atoms with E-state index in [1.807, 2.05) is 0 Å². The molecule has 12 rings (SSSR count). The van der Waals surface area contributed by atoms with Crippen molar-refractivity contribution in [3.05, 3.63) is 283 Å². The third-order valence-corrected chi connectivity index (χ3v) is 13.3. The molecule has 0 radical (unpaired) electrons. The SMILES string of the molecule is c1ccc(-c2ccc(-c3c(N(c4ccc(-c5ccccc5)cc4)c4ccc5c(c4)C(c4ccccc4)(c4ccccc4)c4ccccc4-5)c4ccccc4c4ccccc34)cc2)cc1. The van der Waals surface area contributed by atoms with E-state index in [9.17, 15) is 0 Å². The molecule has 0 amide bonds. The molecule has 0 unspecified atom stereocenters. The Kier molecular flexibility index (Phi) is 9.13. The molecule has 0 aromatic heterocycles. The Bertz CT molecular complexity index is 3410. The van der Waals surface area contributed by atoms with Crippen molar-refractivity contribution in [3.8, 4) is 44.5 Å². The summed E-state index contributed by atoms with van der Waals surface area (Å²) in [5.74, 6) is 0. The lowest BCUT2D eigenvalue weighted by molar-refractivity contribution is 0.768. The van der Waals surface area contributed by atoms with Gasteiger partial charge in [0.15, 0.2) is 0 Å². The summed E-state index contributed by atoms with van der Waals surface area (Å²) in [4.78, 5) is 2.54. The van der Waals surface area contributed by atoms with Crippen LogP contribution in [0.1, 0.15) is 22.3 Å². The van der Waals surface area contributed by atoms with Crippen LogP contribution in [0.25, 0.3) is 66.1 Å². The zero-order valence-corrected chi connectivity index (χ0v) is 35.3. The summed E-state index contributed by atoms with van der Waals surface area (Å²) in [6.07, 6.45) is 0. The minimum atomic E-state index is -0.547. The first-order chi connectivity index (χ1) is 31.8. The minimum Gasteiger partial charge on any atom is -0.309 e. The van der Waals surface area contributed by atoms with E-state index in [0.29, 0.717) is 0 Å². The van der Waals surface area contributed by atoms with Crippen LogP contribution in [0.4, 0.5) is 17.1 Å². The Labute approximate surface area is 374 Å². The molecular formula is C63H43N. The molecule has 11 aromatic carbocycles. The van der Waals surface area contributed by atoms with Crippen LogP contribution in [0, 0.1) is 0 Å². The number of fused-ring (bicyclic) bond motifs is 6. The van der Waals surface area contributed by atoms with E-state index < -0.39 is 5.41 Å². The van der Waals surface area contributed by atoms with Gasteiger partial charge in [-0.25, -0.2) is 0 Å². The maximum absolute atomic E-state index is 2.54. The van der Waals surface area contributed by atoms with Crippen LogP contribution >= 0.6 is 0 Å². The molecule has 300 valence electrons. The van der Waals surface area contributed by atoms with Gasteiger partial charge in [0.1, 0.15) is 0 Å². The molecule has 64 heavy (non-hydrogen) atoms. The molecule has 0 heterocycles. The van der Waals surface area contributed by atoms with Crippen LogP contribution in [0.2, 0.25) is 0 Å². The Balaban J connectivity index is 1.17. The molecule has 0 spiro atoms. The largest absolute Gasteiger partial charge is 0.309 e. The molecule has 0 saturated heterocycles. The summed E-state index contributed by atoms with van der Waals surface area (Å²) < 4.78 is 0. The first-order valence-corrected chi connectivity index (χ1v) is 22.2. The monoisotopic (exact) mass is 813 g/mol. The number of hydrogen-bond acceptors (Lipinski definition) is 1. The average Bonchev–Trinajstić information content (AvgIpc) is 3.68. The number of nitrogens with zero attached hydrogens (tertiary/aromatic N) is 1. The zero-order valence-electron chi connectivity index (χ0n) is 35.3. The van der Waals surface area contributed by atoms with Gasteiger partial charge >= 0.3 is 0 Å². The highest BCUT2D eigenvalue weighted by Gasteiger charge is 2.46. The fourth-order valence-electron chi connectivity index (χ4n) is 10.5. The van der Waals surface area contributed by atoms with Gasteiger partial charge in [0.05, 0.1) is 11.1 Å². The lowest BCUT2D eigenvalue weighted by Crippen LogP contribution is -2.28. The number of anilines is 3. The average molecular weight is 814 g/mol. The Morgan fingerprint density at radius 2 is 0.672 bits per heavy atom. The van der Waals surface area contributed by atoms with Gasteiger partial charge in [0.25, 0.3) is 0 Å². The Morgan fingerprint density at radius 3 is 1.27 bits per heavy atom. The van der Waals surface area contributed by atoms with Crippen molar-refractivity contribution in [1.29, 1.82) is 0 Å². The van der Waals surface area contributed by atoms with Crippen LogP contribution in [-0.2, 0) is 5.41 Å². The summed E-state index contributed by atoms with van der Waals surface area (Å²) in [5, 5.41) is 4.86. The number of benzene rings is 11. The quantitative estimate of drug-likeness (QED) is 0.138. The summed E-state index contributed by atoms with van der Waals surface area (Å²) in [6, 6.07) is 96.0. The number of rotatable bonds is 8. The van der Waals surface area contributed by atoms with Gasteiger partial charge in [0.2, 0.25) is 0 Å². The molecule has 1 aliphatic rings. The fourth-order valence-corrected chi connectivity index (χ4v) is 10.5. The van der Waals surface area contributed by atoms with Crippen molar-refractivity contribution in [2.75, 3.05) is 4.90 Å². The lowest BCUT2D eigenvalue weighted by Gasteiger charge is -2.35. The highest BCUT2D eigenvalue weighted by molar-refractivity contribution is 6.22. The van der Waals surface area contributed by atoms with Crippen LogP contribution < -0.4 is 4.90 Å². The maximum Gasteiger partial charge on any atom is 0.0714 e. The predicted octanol–water partition coefficient (Wildman–Crippen LogP) is 16.8. The first kappa shape index (κ1) is 37.5. The van der Waals surface area contributed by atoms with Gasteiger partial charge in [-0.05, 0) is 102 Å². The maximum atomic E-state index is 2.54. The van der Waals surface area contributed by atoms with Crippen molar-refractivity contribution < 1.29 is 0 Å². The highest BCUT2D eigenvalue weighted by Crippen LogP contribution is 2.58. The normalized spacial score (nSPS) is 12.5. The van der Waals surface area contributed by atoms with E-state index >= 15 is 0 Å². The third kappa shape index (κ3) is 6.01. The van der Waals surface area contributed by atoms with Crippen molar-refractivity contribution in [2.24, 2.45) is 0 Å². The molecule has 1 aliphatic carbocycles. The predicted molar refractivity (Wildman–Crippen MR) is 270 cm³/mol. The third-order valence-electron chi connectivity index (χ3n) is 13.3. The molecule has 0 fully saturated rings. The van der Waals surface area contributed by atoms with E-state index in [-0.39, 0.29) is 0 Å². The van der Waals surface area contributed by atoms with Crippen molar-refractivity contribution in [3.63, 3.8) is 0 Å². The molecule has 0 bridgehead atoms. The first-order valence-electron chi connectivity index (χ1n) is 22.2. The topological polar surface area (TPSA) is 3.24 Å². The standard InChI is InChI=1S/C63H43N/c1-5-19-44(20-6-1)46-33-35-48(36-34-46)61-57-30-15-13-27-53(57)54-28-14-16-31-58(54)62(61)64(51-39-37-47(38-40-51)45-21-7-2-8-22-45)52-41-42-56-55-29-17-18-32-59(55)63(60(56)43-52,49-23-9-3-10-24-49)50-25-11-4-12-26-50/h1-43H. The highest BCUT2D eigenvalue weighted by atomic mass is 15.1. The Morgan fingerprint density at radius 1 is 0.266 bits per heavy atom. The van der Waals surface area contributed by atoms with Gasteiger partial charge in [-0.2, -0.15) is 0 Å². The molecule has 1 heteroatoms. The zero-order chi connectivity index (χ0) is 42.5. The van der Waals surface area contributed by atoms with E-state index in [1.54, 1.807) is 0 Å². The van der Waals surface area contributed by atoms with Crippen LogP contribution in [0.15, 0.2) is 261 Å². The van der Waals surface area contributed by atoms with E-state index in [0.717, 1.165) is 17.1 Å². The molecule has 0 atom stereocenters. The second kappa shape index (κ2) is 15.6. The van der Waals surface area contributed by atoms with E-state index in [1.165, 1.54) is 88.3 Å². The van der Waals surface area contributed by atoms with Gasteiger partial charge in [0, 0.05) is 22.3 Å². The van der Waals surface area contributed by atoms with Gasteiger partial charge in [-0.3, -0.25) is 0 Å². The minimum absolute atomic E-state index is 0.547. The van der Waals surface area contributed by atoms with Crippen LogP contribution in [-0.4, -0.2) is 0 Å². The fraction of sp³-hybridized carbons (Fsp3) is 0.0159. The van der Waals surface area contributed by atoms with Crippen molar-refractivity contribution in [1.82, 2.24) is 0 Å². The van der Waals surface area contributed by atoms with Crippen molar-refractivity contribution in [2.45, 2.75) is 5.41 Å². The molecule has 1 nitrogen and oxygen atoms in total. The second-order valence-electron chi connectivity index (χ2n) is 16.8. The number of hydrogen-bond donors (Lipinski definition) is 0. The van der Waals surface area contributed by atoms with Gasteiger partial charge < -0.3 is 4.90 Å². The summed E-state index contributed by atoms with van der Waals surface area (Å²) in [6.45, 7) is 0. The molecule has 0 N–H and O–H groups in total.